The number of azo groups is 1. The molecule has 1 amide bonds. The fourth-order valence-electron chi connectivity index (χ4n) is 2.15. The standard InChI is InChI=1S/C14H21N5O2/c1-5-21-14(20)19-7-6-12-11(8-19)10(4)13(18-16-12)17-15-9(2)3/h9H,5-8H2,1-4H3. The van der Waals surface area contributed by atoms with E-state index in [1.807, 2.05) is 20.8 Å². The molecule has 2 rings (SSSR count). The highest BCUT2D eigenvalue weighted by Gasteiger charge is 2.25. The lowest BCUT2D eigenvalue weighted by Gasteiger charge is -2.28. The monoisotopic (exact) mass is 291 g/mol. The summed E-state index contributed by atoms with van der Waals surface area (Å²) in [4.78, 5) is 13.5. The van der Waals surface area contributed by atoms with E-state index in [9.17, 15) is 4.79 Å². The van der Waals surface area contributed by atoms with Crippen LogP contribution in [0.5, 0.6) is 0 Å². The Morgan fingerprint density at radius 2 is 2.19 bits per heavy atom. The van der Waals surface area contributed by atoms with Crippen molar-refractivity contribution in [2.45, 2.75) is 46.7 Å². The first-order valence-corrected chi connectivity index (χ1v) is 7.20. The van der Waals surface area contributed by atoms with Crippen LogP contribution in [-0.2, 0) is 17.7 Å². The van der Waals surface area contributed by atoms with Gasteiger partial charge in [-0.1, -0.05) is 0 Å². The molecule has 7 heteroatoms. The van der Waals surface area contributed by atoms with Crippen molar-refractivity contribution in [1.82, 2.24) is 15.1 Å². The highest BCUT2D eigenvalue weighted by molar-refractivity contribution is 5.68. The summed E-state index contributed by atoms with van der Waals surface area (Å²) in [6.07, 6.45) is 0.397. The molecule has 0 bridgehead atoms. The number of carbonyl (C=O) groups is 1. The second-order valence-corrected chi connectivity index (χ2v) is 5.25. The molecule has 0 unspecified atom stereocenters. The topological polar surface area (TPSA) is 80.0 Å². The maximum atomic E-state index is 11.8. The van der Waals surface area contributed by atoms with Crippen LogP contribution < -0.4 is 0 Å². The molecule has 0 aromatic carbocycles. The molecule has 0 saturated carbocycles. The smallest absolute Gasteiger partial charge is 0.410 e. The predicted octanol–water partition coefficient (Wildman–Crippen LogP) is 2.79. The van der Waals surface area contributed by atoms with Crippen LogP contribution in [0, 0.1) is 6.92 Å². The Morgan fingerprint density at radius 3 is 2.86 bits per heavy atom. The molecule has 0 fully saturated rings. The molecular weight excluding hydrogens is 270 g/mol. The lowest BCUT2D eigenvalue weighted by molar-refractivity contribution is 0.102. The minimum Gasteiger partial charge on any atom is -0.450 e. The second kappa shape index (κ2) is 6.60. The zero-order valence-electron chi connectivity index (χ0n) is 13.0. The molecule has 21 heavy (non-hydrogen) atoms. The molecule has 1 aliphatic heterocycles. The number of hydrogen-bond donors (Lipinski definition) is 0. The maximum absolute atomic E-state index is 11.8. The molecule has 1 aromatic heterocycles. The van der Waals surface area contributed by atoms with E-state index in [0.717, 1.165) is 16.8 Å². The first-order chi connectivity index (χ1) is 10.0. The molecule has 0 radical (unpaired) electrons. The van der Waals surface area contributed by atoms with Gasteiger partial charge in [-0.25, -0.2) is 4.79 Å². The first kappa shape index (κ1) is 15.3. The Labute approximate surface area is 124 Å². The average Bonchev–Trinajstić information content (AvgIpc) is 2.46. The Hall–Kier alpha value is -2.05. The summed E-state index contributed by atoms with van der Waals surface area (Å²) >= 11 is 0. The van der Waals surface area contributed by atoms with Gasteiger partial charge in [0.2, 0.25) is 0 Å². The third-order valence-electron chi connectivity index (χ3n) is 3.28. The summed E-state index contributed by atoms with van der Waals surface area (Å²) in [6, 6.07) is 0.110. The molecule has 7 nitrogen and oxygen atoms in total. The first-order valence-electron chi connectivity index (χ1n) is 7.20. The zero-order valence-corrected chi connectivity index (χ0v) is 13.0. The lowest BCUT2D eigenvalue weighted by atomic mass is 10.0. The van der Waals surface area contributed by atoms with Crippen LogP contribution >= 0.6 is 0 Å². The van der Waals surface area contributed by atoms with Gasteiger partial charge in [-0.3, -0.25) is 0 Å². The van der Waals surface area contributed by atoms with Crippen LogP contribution in [0.1, 0.15) is 37.6 Å². The van der Waals surface area contributed by atoms with Crippen LogP contribution in [-0.4, -0.2) is 40.4 Å². The van der Waals surface area contributed by atoms with Gasteiger partial charge in [0.25, 0.3) is 0 Å². The highest BCUT2D eigenvalue weighted by Crippen LogP contribution is 2.26. The van der Waals surface area contributed by atoms with Gasteiger partial charge in [0.1, 0.15) is 0 Å². The quantitative estimate of drug-likeness (QED) is 0.802. The van der Waals surface area contributed by atoms with Crippen LogP contribution in [0.15, 0.2) is 10.2 Å². The molecule has 0 spiro atoms. The van der Waals surface area contributed by atoms with Crippen molar-refractivity contribution in [2.24, 2.45) is 10.2 Å². The van der Waals surface area contributed by atoms with E-state index in [1.54, 1.807) is 11.8 Å². The van der Waals surface area contributed by atoms with Crippen LogP contribution in [0.4, 0.5) is 10.6 Å². The number of nitrogens with zero attached hydrogens (tertiary/aromatic N) is 5. The summed E-state index contributed by atoms with van der Waals surface area (Å²) < 4.78 is 5.05. The zero-order chi connectivity index (χ0) is 15.4. The lowest BCUT2D eigenvalue weighted by Crippen LogP contribution is -2.37. The highest BCUT2D eigenvalue weighted by atomic mass is 16.6. The van der Waals surface area contributed by atoms with Gasteiger partial charge in [-0.2, -0.15) is 10.2 Å². The number of hydrogen-bond acceptors (Lipinski definition) is 6. The molecule has 1 aliphatic rings. The maximum Gasteiger partial charge on any atom is 0.410 e. The van der Waals surface area contributed by atoms with Gasteiger partial charge in [0.05, 0.1) is 24.9 Å². The SMILES string of the molecule is CCOC(=O)N1CCc2nnc(N=NC(C)C)c(C)c2C1. The molecule has 2 heterocycles. The fourth-order valence-corrected chi connectivity index (χ4v) is 2.15. The minimum absolute atomic E-state index is 0.110. The van der Waals surface area contributed by atoms with Gasteiger partial charge >= 0.3 is 6.09 Å². The van der Waals surface area contributed by atoms with Gasteiger partial charge in [-0.05, 0) is 27.7 Å². The minimum atomic E-state index is -0.287. The van der Waals surface area contributed by atoms with E-state index >= 15 is 0 Å². The van der Waals surface area contributed by atoms with Crippen molar-refractivity contribution in [1.29, 1.82) is 0 Å². The van der Waals surface area contributed by atoms with E-state index in [-0.39, 0.29) is 12.1 Å². The van der Waals surface area contributed by atoms with Gasteiger partial charge in [-0.15, -0.1) is 10.2 Å². The van der Waals surface area contributed by atoms with Crippen molar-refractivity contribution in [2.75, 3.05) is 13.2 Å². The van der Waals surface area contributed by atoms with Crippen molar-refractivity contribution in [3.63, 3.8) is 0 Å². The number of amides is 1. The number of ether oxygens (including phenoxy) is 1. The van der Waals surface area contributed by atoms with E-state index in [0.29, 0.717) is 31.9 Å². The van der Waals surface area contributed by atoms with Crippen LogP contribution in [0.2, 0.25) is 0 Å². The molecule has 0 aliphatic carbocycles. The van der Waals surface area contributed by atoms with Crippen LogP contribution in [0.25, 0.3) is 0 Å². The normalized spacial score (nSPS) is 14.6. The van der Waals surface area contributed by atoms with E-state index in [4.69, 9.17) is 4.74 Å². The van der Waals surface area contributed by atoms with Gasteiger partial charge in [0.15, 0.2) is 5.82 Å². The summed E-state index contributed by atoms with van der Waals surface area (Å²) in [7, 11) is 0. The second-order valence-electron chi connectivity index (χ2n) is 5.25. The number of fused-ring (bicyclic) bond motifs is 1. The fraction of sp³-hybridized carbons (Fsp3) is 0.643. The van der Waals surface area contributed by atoms with E-state index in [1.165, 1.54) is 0 Å². The Bertz CT molecular complexity index is 557. The predicted molar refractivity (Wildman–Crippen MR) is 77.6 cm³/mol. The van der Waals surface area contributed by atoms with Crippen molar-refractivity contribution in [3.8, 4) is 0 Å². The third kappa shape index (κ3) is 3.53. The molecule has 114 valence electrons. The Balaban J connectivity index is 2.25. The van der Waals surface area contributed by atoms with Crippen molar-refractivity contribution < 1.29 is 9.53 Å². The summed E-state index contributed by atoms with van der Waals surface area (Å²) in [5, 5.41) is 16.6. The molecule has 0 saturated heterocycles. The largest absolute Gasteiger partial charge is 0.450 e. The summed E-state index contributed by atoms with van der Waals surface area (Å²) in [6.45, 7) is 9.12. The van der Waals surface area contributed by atoms with Gasteiger partial charge in [0, 0.05) is 24.1 Å². The molecule has 1 aromatic rings. The van der Waals surface area contributed by atoms with Gasteiger partial charge < -0.3 is 9.64 Å². The van der Waals surface area contributed by atoms with E-state index in [2.05, 4.69) is 20.4 Å². The Kier molecular flexibility index (Phi) is 4.82. The summed E-state index contributed by atoms with van der Waals surface area (Å²) in [5.74, 6) is 0.521. The third-order valence-corrected chi connectivity index (χ3v) is 3.28. The van der Waals surface area contributed by atoms with Crippen LogP contribution in [0.3, 0.4) is 0 Å². The Morgan fingerprint density at radius 1 is 1.43 bits per heavy atom. The molecule has 0 atom stereocenters. The number of carbonyl (C=O) groups excluding carboxylic acids is 1. The summed E-state index contributed by atoms with van der Waals surface area (Å²) in [5.41, 5.74) is 2.86. The average molecular weight is 291 g/mol. The van der Waals surface area contributed by atoms with E-state index < -0.39 is 0 Å². The molecular formula is C14H21N5O2. The number of aromatic nitrogens is 2. The van der Waals surface area contributed by atoms with Crippen molar-refractivity contribution >= 4 is 11.9 Å². The van der Waals surface area contributed by atoms with Crippen molar-refractivity contribution in [3.05, 3.63) is 16.8 Å². The number of rotatable bonds is 3. The molecule has 0 N–H and O–H groups in total.